The second-order valence-electron chi connectivity index (χ2n) is 7.55. The molecule has 0 radical (unpaired) electrons. The lowest BCUT2D eigenvalue weighted by Gasteiger charge is -2.22. The number of nitro groups is 1. The van der Waals surface area contributed by atoms with Gasteiger partial charge in [0.25, 0.3) is 5.69 Å². The van der Waals surface area contributed by atoms with Crippen LogP contribution in [-0.4, -0.2) is 15.9 Å². The number of nitrogens with zero attached hydrogens (tertiary/aromatic N) is 1. The maximum Gasteiger partial charge on any atom is 0.269 e. The first-order chi connectivity index (χ1) is 15.5. The van der Waals surface area contributed by atoms with E-state index in [4.69, 9.17) is 0 Å². The van der Waals surface area contributed by atoms with E-state index in [1.165, 1.54) is 12.1 Å². The number of rotatable bonds is 7. The average Bonchev–Trinajstić information content (AvgIpc) is 2.82. The second kappa shape index (κ2) is 9.31. The van der Waals surface area contributed by atoms with Gasteiger partial charge in [0.1, 0.15) is 5.75 Å². The number of carbonyl (C=O) groups is 1. The van der Waals surface area contributed by atoms with Gasteiger partial charge in [0, 0.05) is 24.1 Å². The van der Waals surface area contributed by atoms with E-state index in [2.05, 4.69) is 5.32 Å². The predicted octanol–water partition coefficient (Wildman–Crippen LogP) is 5.29. The molecule has 0 aliphatic rings. The van der Waals surface area contributed by atoms with Crippen molar-refractivity contribution in [3.63, 3.8) is 0 Å². The van der Waals surface area contributed by atoms with Crippen molar-refractivity contribution in [2.24, 2.45) is 0 Å². The van der Waals surface area contributed by atoms with E-state index >= 15 is 0 Å². The van der Waals surface area contributed by atoms with Crippen LogP contribution in [0.4, 0.5) is 5.69 Å². The van der Waals surface area contributed by atoms with Crippen LogP contribution in [0.2, 0.25) is 0 Å². The molecule has 1 atom stereocenters. The third-order valence-corrected chi connectivity index (χ3v) is 5.46. The summed E-state index contributed by atoms with van der Waals surface area (Å²) in [6.07, 6.45) is 0.861. The number of amides is 1. The molecule has 0 aliphatic carbocycles. The molecule has 6 heteroatoms. The average molecular weight is 426 g/mol. The summed E-state index contributed by atoms with van der Waals surface area (Å²) in [4.78, 5) is 23.5. The fourth-order valence-electron chi connectivity index (χ4n) is 3.83. The number of phenols is 1. The molecule has 160 valence electrons. The highest BCUT2D eigenvalue weighted by molar-refractivity contribution is 5.89. The van der Waals surface area contributed by atoms with Gasteiger partial charge < -0.3 is 10.4 Å². The normalized spacial score (nSPS) is 11.8. The van der Waals surface area contributed by atoms with Crippen molar-refractivity contribution >= 4 is 22.4 Å². The number of phenolic OH excluding ortho intramolecular Hbond substituents is 1. The third-order valence-electron chi connectivity index (χ3n) is 5.46. The minimum atomic E-state index is -0.662. The van der Waals surface area contributed by atoms with Crippen LogP contribution < -0.4 is 5.32 Å². The Morgan fingerprint density at radius 3 is 2.31 bits per heavy atom. The minimum absolute atomic E-state index is 0.0370. The molecule has 4 rings (SSSR count). The van der Waals surface area contributed by atoms with Gasteiger partial charge in [-0.1, -0.05) is 60.7 Å². The highest BCUT2D eigenvalue weighted by Gasteiger charge is 2.23. The molecule has 4 aromatic rings. The molecule has 0 saturated carbocycles. The molecular weight excluding hydrogens is 404 g/mol. The summed E-state index contributed by atoms with van der Waals surface area (Å²) in [5.41, 5.74) is 2.23. The summed E-state index contributed by atoms with van der Waals surface area (Å²) in [5.74, 6) is -0.125. The molecule has 0 spiro atoms. The highest BCUT2D eigenvalue weighted by Crippen LogP contribution is 2.36. The van der Waals surface area contributed by atoms with Crippen molar-refractivity contribution in [2.75, 3.05) is 0 Å². The van der Waals surface area contributed by atoms with Crippen molar-refractivity contribution < 1.29 is 14.8 Å². The molecule has 6 nitrogen and oxygen atoms in total. The Hall–Kier alpha value is -4.19. The molecule has 2 N–H and O–H groups in total. The lowest BCUT2D eigenvalue weighted by atomic mass is 9.92. The van der Waals surface area contributed by atoms with Crippen molar-refractivity contribution in [1.82, 2.24) is 5.32 Å². The number of nitrogens with one attached hydrogen (secondary N) is 1. The van der Waals surface area contributed by atoms with Gasteiger partial charge in [-0.05, 0) is 46.5 Å². The SMILES string of the molecule is O=C(CCc1ccccc1)N[C@H](c1ccc([N+](=O)[O-])cc1)c1c(O)ccc2ccccc12. The van der Waals surface area contributed by atoms with Crippen LogP contribution >= 0.6 is 0 Å². The van der Waals surface area contributed by atoms with Crippen LogP contribution in [0, 0.1) is 10.1 Å². The number of nitro benzene ring substituents is 1. The topological polar surface area (TPSA) is 92.5 Å². The van der Waals surface area contributed by atoms with Crippen LogP contribution in [0.15, 0.2) is 91.0 Å². The Balaban J connectivity index is 1.70. The Morgan fingerprint density at radius 2 is 1.59 bits per heavy atom. The fourth-order valence-corrected chi connectivity index (χ4v) is 3.83. The quantitative estimate of drug-likeness (QED) is 0.310. The lowest BCUT2D eigenvalue weighted by Crippen LogP contribution is -2.29. The third kappa shape index (κ3) is 4.59. The fraction of sp³-hybridized carbons (Fsp3) is 0.115. The van der Waals surface area contributed by atoms with E-state index in [1.807, 2.05) is 60.7 Å². The molecular formula is C26H22N2O4. The van der Waals surface area contributed by atoms with Crippen molar-refractivity contribution in [1.29, 1.82) is 0 Å². The summed E-state index contributed by atoms with van der Waals surface area (Å²) in [6.45, 7) is 0. The Kier molecular flexibility index (Phi) is 6.12. The molecule has 1 amide bonds. The molecule has 0 aliphatic heterocycles. The molecule has 0 saturated heterocycles. The number of fused-ring (bicyclic) bond motifs is 1. The van der Waals surface area contributed by atoms with Crippen LogP contribution in [0.25, 0.3) is 10.8 Å². The van der Waals surface area contributed by atoms with Gasteiger partial charge >= 0.3 is 0 Å². The van der Waals surface area contributed by atoms with Gasteiger partial charge in [-0.2, -0.15) is 0 Å². The predicted molar refractivity (Wildman–Crippen MR) is 123 cm³/mol. The largest absolute Gasteiger partial charge is 0.508 e. The molecule has 0 fully saturated rings. The van der Waals surface area contributed by atoms with Crippen LogP contribution in [0.5, 0.6) is 5.75 Å². The summed E-state index contributed by atoms with van der Waals surface area (Å²) in [6, 6.07) is 26.1. The van der Waals surface area contributed by atoms with Crippen LogP contribution in [-0.2, 0) is 11.2 Å². The maximum atomic E-state index is 12.9. The standard InChI is InChI=1S/C26H22N2O4/c29-23-16-13-19-8-4-5-9-22(19)25(23)26(20-11-14-21(15-12-20)28(31)32)27-24(30)17-10-18-6-2-1-3-7-18/h1-9,11-16,26,29H,10,17H2,(H,27,30)/t26-/m1/s1. The van der Waals surface area contributed by atoms with Crippen LogP contribution in [0.3, 0.4) is 0 Å². The van der Waals surface area contributed by atoms with E-state index in [1.54, 1.807) is 18.2 Å². The first kappa shape index (κ1) is 21.1. The van der Waals surface area contributed by atoms with Gasteiger partial charge in [-0.15, -0.1) is 0 Å². The number of hydrogen-bond acceptors (Lipinski definition) is 4. The summed E-state index contributed by atoms with van der Waals surface area (Å²) < 4.78 is 0. The number of hydrogen-bond donors (Lipinski definition) is 2. The van der Waals surface area contributed by atoms with Gasteiger partial charge in [-0.3, -0.25) is 14.9 Å². The van der Waals surface area contributed by atoms with E-state index in [-0.39, 0.29) is 23.8 Å². The van der Waals surface area contributed by atoms with Gasteiger partial charge in [0.05, 0.1) is 11.0 Å². The number of aromatic hydroxyl groups is 1. The molecule has 0 unspecified atom stereocenters. The molecule has 0 aromatic heterocycles. The number of carbonyl (C=O) groups excluding carboxylic acids is 1. The lowest BCUT2D eigenvalue weighted by molar-refractivity contribution is -0.384. The second-order valence-corrected chi connectivity index (χ2v) is 7.55. The summed E-state index contributed by atoms with van der Waals surface area (Å²) >= 11 is 0. The maximum absolute atomic E-state index is 12.9. The summed E-state index contributed by atoms with van der Waals surface area (Å²) in [7, 11) is 0. The van der Waals surface area contributed by atoms with E-state index < -0.39 is 11.0 Å². The number of non-ortho nitro benzene ring substituents is 1. The van der Waals surface area contributed by atoms with Crippen molar-refractivity contribution in [3.05, 3.63) is 118 Å². The van der Waals surface area contributed by atoms with Crippen molar-refractivity contribution in [2.45, 2.75) is 18.9 Å². The molecule has 4 aromatic carbocycles. The zero-order chi connectivity index (χ0) is 22.5. The monoisotopic (exact) mass is 426 g/mol. The molecule has 0 heterocycles. The Morgan fingerprint density at radius 1 is 0.906 bits per heavy atom. The first-order valence-corrected chi connectivity index (χ1v) is 10.3. The van der Waals surface area contributed by atoms with E-state index in [0.717, 1.165) is 16.3 Å². The smallest absolute Gasteiger partial charge is 0.269 e. The zero-order valence-electron chi connectivity index (χ0n) is 17.3. The summed E-state index contributed by atoms with van der Waals surface area (Å²) in [5, 5.41) is 26.6. The van der Waals surface area contributed by atoms with E-state index in [9.17, 15) is 20.0 Å². The minimum Gasteiger partial charge on any atom is -0.508 e. The Labute approximate surface area is 185 Å². The molecule has 32 heavy (non-hydrogen) atoms. The van der Waals surface area contributed by atoms with Gasteiger partial charge in [0.2, 0.25) is 5.91 Å². The van der Waals surface area contributed by atoms with E-state index in [0.29, 0.717) is 17.5 Å². The molecule has 0 bridgehead atoms. The number of aryl methyl sites for hydroxylation is 1. The van der Waals surface area contributed by atoms with Gasteiger partial charge in [0.15, 0.2) is 0 Å². The zero-order valence-corrected chi connectivity index (χ0v) is 17.3. The van der Waals surface area contributed by atoms with Crippen molar-refractivity contribution in [3.8, 4) is 5.75 Å². The Bertz CT molecular complexity index is 1250. The highest BCUT2D eigenvalue weighted by atomic mass is 16.6. The van der Waals surface area contributed by atoms with Crippen LogP contribution in [0.1, 0.15) is 29.2 Å². The first-order valence-electron chi connectivity index (χ1n) is 10.3. The van der Waals surface area contributed by atoms with Gasteiger partial charge in [-0.25, -0.2) is 0 Å². The number of benzene rings is 4.